The molecule has 0 aromatic carbocycles. The number of aliphatic hydroxyl groups is 1. The molecule has 1 fully saturated rings. The van der Waals surface area contributed by atoms with E-state index < -0.39 is 5.60 Å². The lowest BCUT2D eigenvalue weighted by Crippen LogP contribution is -2.50. The SMILES string of the molecule is CN1CCC(O)(CNC(=O)c2cncn2C)CC1. The number of aryl methyl sites for hydroxylation is 1. The Hall–Kier alpha value is -1.40. The Balaban J connectivity index is 1.88. The van der Waals surface area contributed by atoms with Crippen molar-refractivity contribution in [3.63, 3.8) is 0 Å². The number of hydrogen-bond donors (Lipinski definition) is 2. The fraction of sp³-hybridized carbons (Fsp3) is 0.667. The van der Waals surface area contributed by atoms with Crippen molar-refractivity contribution < 1.29 is 9.90 Å². The van der Waals surface area contributed by atoms with Gasteiger partial charge in [-0.25, -0.2) is 4.98 Å². The third-order valence-electron chi connectivity index (χ3n) is 3.55. The van der Waals surface area contributed by atoms with E-state index in [1.807, 2.05) is 7.05 Å². The van der Waals surface area contributed by atoms with Crippen LogP contribution in [0.25, 0.3) is 0 Å². The first-order valence-corrected chi connectivity index (χ1v) is 6.16. The van der Waals surface area contributed by atoms with Crippen molar-refractivity contribution in [2.45, 2.75) is 18.4 Å². The zero-order valence-corrected chi connectivity index (χ0v) is 10.9. The second-order valence-electron chi connectivity index (χ2n) is 5.10. The van der Waals surface area contributed by atoms with E-state index >= 15 is 0 Å². The van der Waals surface area contributed by atoms with Gasteiger partial charge in [0.05, 0.1) is 18.1 Å². The monoisotopic (exact) mass is 252 g/mol. The van der Waals surface area contributed by atoms with E-state index in [1.165, 1.54) is 6.20 Å². The summed E-state index contributed by atoms with van der Waals surface area (Å²) in [7, 11) is 3.81. The smallest absolute Gasteiger partial charge is 0.269 e. The lowest BCUT2D eigenvalue weighted by Gasteiger charge is -2.36. The predicted molar refractivity (Wildman–Crippen MR) is 67.2 cm³/mol. The summed E-state index contributed by atoms with van der Waals surface area (Å²) in [6.07, 6.45) is 4.48. The van der Waals surface area contributed by atoms with Crippen LogP contribution in [0.15, 0.2) is 12.5 Å². The van der Waals surface area contributed by atoms with Crippen LogP contribution in [0.4, 0.5) is 0 Å². The minimum atomic E-state index is -0.777. The molecule has 0 radical (unpaired) electrons. The molecule has 0 aliphatic carbocycles. The fourth-order valence-corrected chi connectivity index (χ4v) is 2.12. The maximum Gasteiger partial charge on any atom is 0.269 e. The standard InChI is InChI=1S/C12H20N4O2/c1-15-5-3-12(18,4-6-15)8-14-11(17)10-7-13-9-16(10)2/h7,9,18H,3-6,8H2,1-2H3,(H,14,17). The molecule has 2 N–H and O–H groups in total. The van der Waals surface area contributed by atoms with Gasteiger partial charge in [-0.3, -0.25) is 4.79 Å². The van der Waals surface area contributed by atoms with Crippen molar-refractivity contribution >= 4 is 5.91 Å². The van der Waals surface area contributed by atoms with Crippen LogP contribution in [0, 0.1) is 0 Å². The van der Waals surface area contributed by atoms with Crippen LogP contribution in [-0.4, -0.2) is 57.7 Å². The van der Waals surface area contributed by atoms with Gasteiger partial charge in [-0.05, 0) is 19.9 Å². The molecule has 0 unspecified atom stereocenters. The van der Waals surface area contributed by atoms with Gasteiger partial charge in [0.25, 0.3) is 5.91 Å². The molecule has 18 heavy (non-hydrogen) atoms. The van der Waals surface area contributed by atoms with Gasteiger partial charge in [-0.1, -0.05) is 0 Å². The van der Waals surface area contributed by atoms with Crippen molar-refractivity contribution in [3.05, 3.63) is 18.2 Å². The zero-order valence-electron chi connectivity index (χ0n) is 10.9. The first-order valence-electron chi connectivity index (χ1n) is 6.16. The van der Waals surface area contributed by atoms with Gasteiger partial charge in [0.15, 0.2) is 0 Å². The number of piperidine rings is 1. The number of nitrogens with one attached hydrogen (secondary N) is 1. The van der Waals surface area contributed by atoms with E-state index in [0.717, 1.165) is 13.1 Å². The molecule has 2 rings (SSSR count). The Morgan fingerprint density at radius 1 is 1.50 bits per heavy atom. The Bertz CT molecular complexity index is 421. The maximum atomic E-state index is 11.9. The van der Waals surface area contributed by atoms with Crippen LogP contribution < -0.4 is 5.32 Å². The molecule has 6 nitrogen and oxygen atoms in total. The van der Waals surface area contributed by atoms with E-state index in [4.69, 9.17) is 0 Å². The number of nitrogens with zero attached hydrogens (tertiary/aromatic N) is 3. The van der Waals surface area contributed by atoms with Gasteiger partial charge >= 0.3 is 0 Å². The Morgan fingerprint density at radius 2 is 2.17 bits per heavy atom. The quantitative estimate of drug-likeness (QED) is 0.768. The van der Waals surface area contributed by atoms with Gasteiger partial charge in [-0.2, -0.15) is 0 Å². The largest absolute Gasteiger partial charge is 0.388 e. The molecule has 2 heterocycles. The molecule has 0 spiro atoms. The number of hydrogen-bond acceptors (Lipinski definition) is 4. The van der Waals surface area contributed by atoms with Gasteiger partial charge in [-0.15, -0.1) is 0 Å². The van der Waals surface area contributed by atoms with Crippen molar-refractivity contribution in [3.8, 4) is 0 Å². The lowest BCUT2D eigenvalue weighted by molar-refractivity contribution is -0.0135. The minimum Gasteiger partial charge on any atom is -0.388 e. The summed E-state index contributed by atoms with van der Waals surface area (Å²) >= 11 is 0. The molecule has 1 amide bonds. The van der Waals surface area contributed by atoms with E-state index in [2.05, 4.69) is 15.2 Å². The van der Waals surface area contributed by atoms with Crippen molar-refractivity contribution in [2.75, 3.05) is 26.7 Å². The van der Waals surface area contributed by atoms with Crippen LogP contribution in [0.2, 0.25) is 0 Å². The van der Waals surface area contributed by atoms with Gasteiger partial charge in [0, 0.05) is 26.7 Å². The van der Waals surface area contributed by atoms with Crippen molar-refractivity contribution in [1.82, 2.24) is 19.8 Å². The third kappa shape index (κ3) is 2.88. The molecule has 0 atom stereocenters. The Morgan fingerprint density at radius 3 is 2.72 bits per heavy atom. The Kier molecular flexibility index (Phi) is 3.68. The van der Waals surface area contributed by atoms with Crippen molar-refractivity contribution in [1.29, 1.82) is 0 Å². The minimum absolute atomic E-state index is 0.192. The molecule has 1 aromatic rings. The normalized spacial score (nSPS) is 19.7. The highest BCUT2D eigenvalue weighted by Crippen LogP contribution is 2.20. The average molecular weight is 252 g/mol. The van der Waals surface area contributed by atoms with Crippen molar-refractivity contribution in [2.24, 2.45) is 7.05 Å². The average Bonchev–Trinajstić information content (AvgIpc) is 2.77. The molecule has 0 bridgehead atoms. The third-order valence-corrected chi connectivity index (χ3v) is 3.55. The Labute approximate surface area is 107 Å². The molecule has 1 aliphatic heterocycles. The van der Waals surface area contributed by atoms with Crippen LogP contribution >= 0.6 is 0 Å². The predicted octanol–water partition coefficient (Wildman–Crippen LogP) is -0.393. The fourth-order valence-electron chi connectivity index (χ4n) is 2.12. The van der Waals surface area contributed by atoms with Crippen LogP contribution in [0.1, 0.15) is 23.3 Å². The first kappa shape index (κ1) is 13.0. The number of carbonyl (C=O) groups is 1. The second-order valence-corrected chi connectivity index (χ2v) is 5.10. The molecule has 1 aliphatic rings. The molecular weight excluding hydrogens is 232 g/mol. The number of imidazole rings is 1. The maximum absolute atomic E-state index is 11.9. The van der Waals surface area contributed by atoms with Crippen LogP contribution in [-0.2, 0) is 7.05 Å². The topological polar surface area (TPSA) is 70.4 Å². The zero-order chi connectivity index (χ0) is 13.2. The first-order chi connectivity index (χ1) is 8.50. The number of aromatic nitrogens is 2. The number of likely N-dealkylation sites (tertiary alicyclic amines) is 1. The summed E-state index contributed by atoms with van der Waals surface area (Å²) in [6, 6.07) is 0. The number of rotatable bonds is 3. The highest BCUT2D eigenvalue weighted by molar-refractivity contribution is 5.92. The molecule has 1 aromatic heterocycles. The molecule has 100 valence electrons. The summed E-state index contributed by atoms with van der Waals surface area (Å²) in [5.74, 6) is -0.192. The molecule has 6 heteroatoms. The van der Waals surface area contributed by atoms with E-state index in [1.54, 1.807) is 17.9 Å². The van der Waals surface area contributed by atoms with Gasteiger partial charge in [0.2, 0.25) is 0 Å². The lowest BCUT2D eigenvalue weighted by atomic mass is 9.91. The second kappa shape index (κ2) is 5.07. The molecular formula is C12H20N4O2. The summed E-state index contributed by atoms with van der Waals surface area (Å²) in [6.45, 7) is 2.01. The summed E-state index contributed by atoms with van der Waals surface area (Å²) in [4.78, 5) is 18.0. The molecule has 0 saturated carbocycles. The highest BCUT2D eigenvalue weighted by atomic mass is 16.3. The highest BCUT2D eigenvalue weighted by Gasteiger charge is 2.31. The number of carbonyl (C=O) groups excluding carboxylic acids is 1. The van der Waals surface area contributed by atoms with Gasteiger partial charge in [0.1, 0.15) is 5.69 Å². The summed E-state index contributed by atoms with van der Waals surface area (Å²) < 4.78 is 1.66. The van der Waals surface area contributed by atoms with Gasteiger partial charge < -0.3 is 19.9 Å². The summed E-state index contributed by atoms with van der Waals surface area (Å²) in [5, 5.41) is 13.1. The number of amides is 1. The van der Waals surface area contributed by atoms with E-state index in [0.29, 0.717) is 25.1 Å². The summed E-state index contributed by atoms with van der Waals surface area (Å²) in [5.41, 5.74) is -0.271. The van der Waals surface area contributed by atoms with E-state index in [9.17, 15) is 9.90 Å². The van der Waals surface area contributed by atoms with Crippen LogP contribution in [0.3, 0.4) is 0 Å². The van der Waals surface area contributed by atoms with E-state index in [-0.39, 0.29) is 5.91 Å². The molecule has 1 saturated heterocycles. The van der Waals surface area contributed by atoms with Crippen LogP contribution in [0.5, 0.6) is 0 Å².